The number of carboxylic acids is 1. The van der Waals surface area contributed by atoms with Gasteiger partial charge in [0.25, 0.3) is 0 Å². The summed E-state index contributed by atoms with van der Waals surface area (Å²) in [6.45, 7) is 3.09. The molecule has 1 aromatic heterocycles. The summed E-state index contributed by atoms with van der Waals surface area (Å²) < 4.78 is 0. The van der Waals surface area contributed by atoms with E-state index in [0.29, 0.717) is 0 Å². The van der Waals surface area contributed by atoms with E-state index in [1.165, 1.54) is 0 Å². The third-order valence-corrected chi connectivity index (χ3v) is 3.57. The van der Waals surface area contributed by atoms with Gasteiger partial charge in [0, 0.05) is 9.75 Å². The SMILES string of the molecule is Cc1ccc(C(C)NC(=O)NCC(=O)NCC(=O)O)s1. The summed E-state index contributed by atoms with van der Waals surface area (Å²) in [5, 5.41) is 15.6. The molecule has 0 spiro atoms. The first-order valence-corrected chi connectivity index (χ1v) is 6.79. The molecule has 1 heterocycles. The molecule has 110 valence electrons. The predicted octanol–water partition coefficient (Wildman–Crippen LogP) is 0.618. The van der Waals surface area contributed by atoms with E-state index in [4.69, 9.17) is 5.11 Å². The van der Waals surface area contributed by atoms with Gasteiger partial charge in [-0.2, -0.15) is 0 Å². The zero-order valence-corrected chi connectivity index (χ0v) is 12.0. The van der Waals surface area contributed by atoms with Crippen molar-refractivity contribution < 1.29 is 19.5 Å². The highest BCUT2D eigenvalue weighted by molar-refractivity contribution is 7.12. The number of carbonyl (C=O) groups is 3. The lowest BCUT2D eigenvalue weighted by atomic mass is 10.3. The van der Waals surface area contributed by atoms with E-state index < -0.39 is 24.5 Å². The molecule has 0 aliphatic carbocycles. The third kappa shape index (κ3) is 5.70. The van der Waals surface area contributed by atoms with Crippen molar-refractivity contribution in [3.8, 4) is 0 Å². The number of aryl methyl sites for hydroxylation is 1. The van der Waals surface area contributed by atoms with Crippen LogP contribution in [0.15, 0.2) is 12.1 Å². The van der Waals surface area contributed by atoms with Gasteiger partial charge in [-0.1, -0.05) is 0 Å². The number of carboxylic acid groups (broad SMARTS) is 1. The minimum Gasteiger partial charge on any atom is -0.480 e. The van der Waals surface area contributed by atoms with E-state index in [9.17, 15) is 14.4 Å². The Morgan fingerprint density at radius 3 is 2.50 bits per heavy atom. The van der Waals surface area contributed by atoms with Crippen LogP contribution in [0.4, 0.5) is 4.79 Å². The predicted molar refractivity (Wildman–Crippen MR) is 74.7 cm³/mol. The zero-order chi connectivity index (χ0) is 15.1. The van der Waals surface area contributed by atoms with E-state index in [1.54, 1.807) is 11.3 Å². The van der Waals surface area contributed by atoms with Crippen molar-refractivity contribution in [3.05, 3.63) is 21.9 Å². The van der Waals surface area contributed by atoms with E-state index in [2.05, 4.69) is 16.0 Å². The molecule has 1 aromatic rings. The van der Waals surface area contributed by atoms with Crippen molar-refractivity contribution in [1.29, 1.82) is 0 Å². The van der Waals surface area contributed by atoms with Crippen LogP contribution >= 0.6 is 11.3 Å². The topological polar surface area (TPSA) is 108 Å². The van der Waals surface area contributed by atoms with Crippen molar-refractivity contribution in [2.24, 2.45) is 0 Å². The first kappa shape index (κ1) is 16.0. The maximum absolute atomic E-state index is 11.6. The summed E-state index contributed by atoms with van der Waals surface area (Å²) in [4.78, 5) is 35.2. The Hall–Kier alpha value is -2.09. The zero-order valence-electron chi connectivity index (χ0n) is 11.2. The normalized spacial score (nSPS) is 11.5. The van der Waals surface area contributed by atoms with Crippen LogP contribution in [0.3, 0.4) is 0 Å². The lowest BCUT2D eigenvalue weighted by Crippen LogP contribution is -2.43. The molecule has 4 N–H and O–H groups in total. The van der Waals surface area contributed by atoms with Gasteiger partial charge in [-0.25, -0.2) is 4.79 Å². The lowest BCUT2D eigenvalue weighted by molar-refractivity contribution is -0.137. The fraction of sp³-hybridized carbons (Fsp3) is 0.417. The van der Waals surface area contributed by atoms with Crippen molar-refractivity contribution in [1.82, 2.24) is 16.0 Å². The van der Waals surface area contributed by atoms with Crippen molar-refractivity contribution in [2.75, 3.05) is 13.1 Å². The molecule has 1 atom stereocenters. The minimum absolute atomic E-state index is 0.157. The van der Waals surface area contributed by atoms with Crippen LogP contribution in [0.25, 0.3) is 0 Å². The monoisotopic (exact) mass is 299 g/mol. The summed E-state index contributed by atoms with van der Waals surface area (Å²) in [6.07, 6.45) is 0. The van der Waals surface area contributed by atoms with Crippen molar-refractivity contribution in [2.45, 2.75) is 19.9 Å². The summed E-state index contributed by atoms with van der Waals surface area (Å²) >= 11 is 1.59. The van der Waals surface area contributed by atoms with Crippen LogP contribution in [-0.2, 0) is 9.59 Å². The van der Waals surface area contributed by atoms with Gasteiger partial charge in [0.1, 0.15) is 6.54 Å². The number of rotatable bonds is 6. The van der Waals surface area contributed by atoms with E-state index in [-0.39, 0.29) is 12.6 Å². The van der Waals surface area contributed by atoms with Gasteiger partial charge >= 0.3 is 12.0 Å². The molecule has 0 aliphatic rings. The minimum atomic E-state index is -1.13. The molecule has 0 radical (unpaired) electrons. The van der Waals surface area contributed by atoms with Gasteiger partial charge in [0.15, 0.2) is 0 Å². The molecule has 0 saturated carbocycles. The molecule has 7 nitrogen and oxygen atoms in total. The van der Waals surface area contributed by atoms with Gasteiger partial charge < -0.3 is 21.1 Å². The lowest BCUT2D eigenvalue weighted by Gasteiger charge is -2.13. The van der Waals surface area contributed by atoms with Crippen LogP contribution in [0.5, 0.6) is 0 Å². The number of amides is 3. The fourth-order valence-electron chi connectivity index (χ4n) is 1.40. The number of nitrogens with one attached hydrogen (secondary N) is 3. The van der Waals surface area contributed by atoms with E-state index in [1.807, 2.05) is 26.0 Å². The molecule has 0 aliphatic heterocycles. The second kappa shape index (κ2) is 7.49. The molecule has 3 amide bonds. The van der Waals surface area contributed by atoms with Crippen molar-refractivity contribution in [3.63, 3.8) is 0 Å². The van der Waals surface area contributed by atoms with E-state index in [0.717, 1.165) is 9.75 Å². The average molecular weight is 299 g/mol. The molecule has 0 bridgehead atoms. The summed E-state index contributed by atoms with van der Waals surface area (Å²) in [7, 11) is 0. The van der Waals surface area contributed by atoms with Gasteiger partial charge in [0.05, 0.1) is 12.6 Å². The molecule has 1 rings (SSSR count). The van der Waals surface area contributed by atoms with Crippen molar-refractivity contribution >= 4 is 29.2 Å². The Balaban J connectivity index is 2.29. The Morgan fingerprint density at radius 2 is 1.95 bits per heavy atom. The van der Waals surface area contributed by atoms with Crippen LogP contribution in [-0.4, -0.2) is 36.1 Å². The largest absolute Gasteiger partial charge is 0.480 e. The molecule has 0 aromatic carbocycles. The Labute approximate surface area is 120 Å². The van der Waals surface area contributed by atoms with Gasteiger partial charge in [-0.3, -0.25) is 9.59 Å². The van der Waals surface area contributed by atoms with E-state index >= 15 is 0 Å². The smallest absolute Gasteiger partial charge is 0.322 e. The van der Waals surface area contributed by atoms with Crippen LogP contribution < -0.4 is 16.0 Å². The van der Waals surface area contributed by atoms with Crippen LogP contribution in [0, 0.1) is 6.92 Å². The molecular weight excluding hydrogens is 282 g/mol. The standard InChI is InChI=1S/C12H17N3O4S/c1-7-3-4-9(20-7)8(2)15-12(19)14-5-10(16)13-6-11(17)18/h3-4,8H,5-6H2,1-2H3,(H,13,16)(H,17,18)(H2,14,15,19). The molecule has 0 saturated heterocycles. The molecule has 8 heteroatoms. The molecule has 1 unspecified atom stereocenters. The van der Waals surface area contributed by atoms with Crippen LogP contribution in [0.1, 0.15) is 22.7 Å². The molecular formula is C12H17N3O4S. The Kier molecular flexibility index (Phi) is 5.98. The maximum atomic E-state index is 11.6. The number of urea groups is 1. The molecule has 20 heavy (non-hydrogen) atoms. The molecule has 0 fully saturated rings. The highest BCUT2D eigenvalue weighted by Crippen LogP contribution is 2.21. The first-order chi connectivity index (χ1) is 9.38. The highest BCUT2D eigenvalue weighted by atomic mass is 32.1. The quantitative estimate of drug-likeness (QED) is 0.617. The number of aliphatic carboxylic acids is 1. The Morgan fingerprint density at radius 1 is 1.25 bits per heavy atom. The van der Waals surface area contributed by atoms with Crippen LogP contribution in [0.2, 0.25) is 0 Å². The second-order valence-corrected chi connectivity index (χ2v) is 5.49. The number of carbonyl (C=O) groups excluding carboxylic acids is 2. The fourth-order valence-corrected chi connectivity index (χ4v) is 2.28. The summed E-state index contributed by atoms with van der Waals surface area (Å²) in [5.74, 6) is -1.69. The van der Waals surface area contributed by atoms with Gasteiger partial charge in [-0.15, -0.1) is 11.3 Å². The number of thiophene rings is 1. The Bertz CT molecular complexity index is 501. The maximum Gasteiger partial charge on any atom is 0.322 e. The number of hydrogen-bond acceptors (Lipinski definition) is 4. The highest BCUT2D eigenvalue weighted by Gasteiger charge is 2.12. The average Bonchev–Trinajstić information content (AvgIpc) is 2.80. The third-order valence-electron chi connectivity index (χ3n) is 2.38. The first-order valence-electron chi connectivity index (χ1n) is 5.97. The number of hydrogen-bond donors (Lipinski definition) is 4. The second-order valence-electron chi connectivity index (χ2n) is 4.17. The summed E-state index contributed by atoms with van der Waals surface area (Å²) in [5.41, 5.74) is 0. The van der Waals surface area contributed by atoms with Gasteiger partial charge in [-0.05, 0) is 26.0 Å². The van der Waals surface area contributed by atoms with Gasteiger partial charge in [0.2, 0.25) is 5.91 Å². The summed E-state index contributed by atoms with van der Waals surface area (Å²) in [6, 6.07) is 3.27.